The Morgan fingerprint density at radius 3 is 1.30 bits per heavy atom. The number of nitrogens with two attached hydrogens (primary N) is 1. The lowest BCUT2D eigenvalue weighted by atomic mass is 9.85. The number of likely N-dealkylation sites (tertiary alicyclic amines) is 2. The van der Waals surface area contributed by atoms with Gasteiger partial charge in [-0.15, -0.1) is 25.6 Å². The van der Waals surface area contributed by atoms with Crippen molar-refractivity contribution in [2.75, 3.05) is 26.2 Å². The van der Waals surface area contributed by atoms with Gasteiger partial charge in [0.1, 0.15) is 23.7 Å². The minimum atomic E-state index is -0.967. The fourth-order valence-corrected chi connectivity index (χ4v) is 10.6. The van der Waals surface area contributed by atoms with E-state index in [-0.39, 0.29) is 98.5 Å². The minimum absolute atomic E-state index is 0. The summed E-state index contributed by atoms with van der Waals surface area (Å²) < 4.78 is 5.40. The number of carbonyl (C=O) groups is 9. The predicted molar refractivity (Wildman–Crippen MR) is 288 cm³/mol. The second kappa shape index (κ2) is 24.4. The van der Waals surface area contributed by atoms with E-state index in [0.717, 1.165) is 25.7 Å². The molecule has 0 aromatic carbocycles. The van der Waals surface area contributed by atoms with E-state index < -0.39 is 88.1 Å². The van der Waals surface area contributed by atoms with Crippen molar-refractivity contribution in [2.45, 2.75) is 185 Å². The van der Waals surface area contributed by atoms with Crippen molar-refractivity contribution < 1.29 is 47.9 Å². The lowest BCUT2D eigenvalue weighted by Gasteiger charge is -2.38. The third kappa shape index (κ3) is 15.4. The Kier molecular flexibility index (Phi) is 21.6. The number of halogens is 1. The summed E-state index contributed by atoms with van der Waals surface area (Å²) in [5.41, 5.74) is 4.20. The first-order valence-corrected chi connectivity index (χ1v) is 25.5. The Hall–Kier alpha value is -4.84. The van der Waals surface area contributed by atoms with Crippen LogP contribution >= 0.6 is 12.4 Å². The average Bonchev–Trinajstić information content (AvgIpc) is 4.24. The maximum absolute atomic E-state index is 14.0. The molecule has 420 valence electrons. The minimum Gasteiger partial charge on any atom is -0.444 e. The topological polar surface area (TPSA) is 256 Å². The first-order chi connectivity index (χ1) is 32.7. The fraction of sp³-hybridized carbons (Fsp3) is 0.764. The van der Waals surface area contributed by atoms with E-state index in [9.17, 15) is 43.2 Å². The summed E-state index contributed by atoms with van der Waals surface area (Å²) in [6, 6.07) is -5.01. The Morgan fingerprint density at radius 2 is 0.986 bits per heavy atom. The van der Waals surface area contributed by atoms with Gasteiger partial charge in [-0.1, -0.05) is 122 Å². The van der Waals surface area contributed by atoms with Crippen molar-refractivity contribution in [1.29, 1.82) is 0 Å². The second-order valence-corrected chi connectivity index (χ2v) is 25.3. The number of hydrogen-bond acceptors (Lipinski definition) is 11. The highest BCUT2D eigenvalue weighted by molar-refractivity contribution is 6.39. The number of amides is 7. The molecule has 2 heterocycles. The van der Waals surface area contributed by atoms with Crippen LogP contribution in [0, 0.1) is 57.2 Å². The molecule has 19 heteroatoms. The molecular formula is C55H93ClN8O10. The molecule has 18 nitrogen and oxygen atoms in total. The number of hydrogen-bond donors (Lipinski definition) is 6. The SMILES string of the molecule is C.C.C=CCNC(=O)C(=O)C(CC1CC1)NC(=O)[C@@H]1[C@@H]2C(CN1C(=O)[C@@H](N)C(C)(C)C)C2(C)C.C=CCNC(=O)C(=O)C(CC1CC1)NC(=O)[C@@H]1[C@@H]2C(CN1C(=O)[C@@H](NC(=O)OC(C)(C)C)C(C)(C)C)C2(C)C.Cl. The molecule has 0 aromatic heterocycles. The molecule has 0 aromatic rings. The van der Waals surface area contributed by atoms with Crippen LogP contribution in [0.3, 0.4) is 0 Å². The van der Waals surface area contributed by atoms with Gasteiger partial charge in [0.05, 0.1) is 18.1 Å². The standard InChI is InChI=1S/C29H46N4O6.C24H38N4O4.2CH4.ClH/c1-10-13-30-24(36)21(34)18(14-16-11-12-16)31-23(35)20-19-17(29(19,8)9)15-33(20)25(37)22(27(2,3)4)32-26(38)39-28(5,6)7;1-7-10-26-21(31)18(29)15(11-13-8-9-13)27-20(30)17-16-14(24(16,5)6)12-28(17)22(32)19(25)23(2,3)4;;;/h10,16-20,22H,1,11-15H2,2-9H3,(H,30,36)(H,31,35)(H,32,38);7,13-17,19H,1,8-12,25H2,2-6H3,(H,26,31)(H,27,30);2*1H4;1H/t17?,18?,19-,20-,22+;14?,15?,16-,17-,19+;;;/m00.../s1. The smallest absolute Gasteiger partial charge is 0.408 e. The van der Waals surface area contributed by atoms with Crippen LogP contribution in [0.15, 0.2) is 25.3 Å². The number of Topliss-reactive ketones (excluding diaryl/α,β-unsaturated/α-hetero) is 2. The highest BCUT2D eigenvalue weighted by Gasteiger charge is 2.71. The van der Waals surface area contributed by atoms with Crippen LogP contribution in [0.2, 0.25) is 0 Å². The van der Waals surface area contributed by atoms with Crippen molar-refractivity contribution in [2.24, 2.45) is 62.9 Å². The van der Waals surface area contributed by atoms with Gasteiger partial charge in [0.15, 0.2) is 0 Å². The van der Waals surface area contributed by atoms with Crippen LogP contribution in [-0.4, -0.2) is 131 Å². The lowest BCUT2D eigenvalue weighted by Crippen LogP contribution is -2.60. The van der Waals surface area contributed by atoms with E-state index in [2.05, 4.69) is 67.4 Å². The summed E-state index contributed by atoms with van der Waals surface area (Å²) in [5, 5.41) is 13.4. The Bertz CT molecular complexity index is 2130. The number of piperidine rings is 2. The molecular weight excluding hydrogens is 968 g/mol. The number of ether oxygens (including phenoxy) is 1. The molecule has 74 heavy (non-hydrogen) atoms. The maximum Gasteiger partial charge on any atom is 0.408 e. The lowest BCUT2D eigenvalue weighted by molar-refractivity contribution is -0.145. The normalized spacial score (nSPS) is 25.2. The summed E-state index contributed by atoms with van der Waals surface area (Å²) >= 11 is 0. The van der Waals surface area contributed by atoms with Gasteiger partial charge in [-0.3, -0.25) is 38.4 Å². The highest BCUT2D eigenvalue weighted by Crippen LogP contribution is 2.66. The molecule has 6 rings (SSSR count). The summed E-state index contributed by atoms with van der Waals surface area (Å²) in [5.74, 6) is -3.38. The molecule has 2 aliphatic heterocycles. The third-order valence-corrected chi connectivity index (χ3v) is 15.6. The zero-order chi connectivity index (χ0) is 53.5. The zero-order valence-corrected chi connectivity index (χ0v) is 45.8. The summed E-state index contributed by atoms with van der Waals surface area (Å²) in [4.78, 5) is 121. The van der Waals surface area contributed by atoms with Crippen molar-refractivity contribution in [3.05, 3.63) is 25.3 Å². The highest BCUT2D eigenvalue weighted by atomic mass is 35.5. The fourth-order valence-electron chi connectivity index (χ4n) is 10.6. The van der Waals surface area contributed by atoms with E-state index >= 15 is 0 Å². The Labute approximate surface area is 447 Å². The van der Waals surface area contributed by atoms with E-state index in [1.165, 1.54) is 12.2 Å². The van der Waals surface area contributed by atoms with Crippen LogP contribution < -0.4 is 32.3 Å². The van der Waals surface area contributed by atoms with E-state index in [0.29, 0.717) is 31.8 Å². The monoisotopic (exact) mass is 1060 g/mol. The molecule has 4 saturated carbocycles. The number of nitrogens with zero attached hydrogens (tertiary/aromatic N) is 2. The molecule has 0 bridgehead atoms. The average molecular weight is 1060 g/mol. The molecule has 10 atom stereocenters. The number of alkyl carbamates (subject to hydrolysis) is 1. The molecule has 6 aliphatic rings. The third-order valence-electron chi connectivity index (χ3n) is 15.6. The number of carbonyl (C=O) groups excluding carboxylic acids is 9. The number of nitrogens with one attached hydrogen (secondary N) is 5. The molecule has 6 fully saturated rings. The Balaban J connectivity index is 0.000000495. The second-order valence-electron chi connectivity index (χ2n) is 25.3. The van der Waals surface area contributed by atoms with E-state index in [1.54, 1.807) is 30.6 Å². The summed E-state index contributed by atoms with van der Waals surface area (Å²) in [7, 11) is 0. The molecule has 2 saturated heterocycles. The van der Waals surface area contributed by atoms with Crippen LogP contribution in [0.25, 0.3) is 0 Å². The van der Waals surface area contributed by atoms with Gasteiger partial charge in [0, 0.05) is 26.2 Å². The number of rotatable bonds is 19. The van der Waals surface area contributed by atoms with Crippen molar-refractivity contribution in [1.82, 2.24) is 36.4 Å². The largest absolute Gasteiger partial charge is 0.444 e. The molecule has 7 amide bonds. The summed E-state index contributed by atoms with van der Waals surface area (Å²) in [6.45, 7) is 33.1. The van der Waals surface area contributed by atoms with Gasteiger partial charge in [0.2, 0.25) is 35.2 Å². The molecule has 0 radical (unpaired) electrons. The van der Waals surface area contributed by atoms with Crippen molar-refractivity contribution in [3.63, 3.8) is 0 Å². The van der Waals surface area contributed by atoms with Crippen LogP contribution in [-0.2, 0) is 43.1 Å². The molecule has 0 spiro atoms. The van der Waals surface area contributed by atoms with Crippen molar-refractivity contribution in [3.8, 4) is 0 Å². The maximum atomic E-state index is 14.0. The summed E-state index contributed by atoms with van der Waals surface area (Å²) in [6.07, 6.45) is 6.96. The van der Waals surface area contributed by atoms with Gasteiger partial charge in [0.25, 0.3) is 11.8 Å². The predicted octanol–water partition coefficient (Wildman–Crippen LogP) is 5.26. The van der Waals surface area contributed by atoms with E-state index in [4.69, 9.17) is 10.5 Å². The molecule has 4 aliphatic carbocycles. The van der Waals surface area contributed by atoms with Crippen LogP contribution in [0.1, 0.15) is 143 Å². The van der Waals surface area contributed by atoms with Crippen molar-refractivity contribution >= 4 is 65.5 Å². The quantitative estimate of drug-likeness (QED) is 0.0719. The zero-order valence-electron chi connectivity index (χ0n) is 45.0. The van der Waals surface area contributed by atoms with Gasteiger partial charge < -0.3 is 46.9 Å². The number of ketones is 2. The first-order valence-electron chi connectivity index (χ1n) is 25.5. The molecule has 7 N–H and O–H groups in total. The van der Waals surface area contributed by atoms with Gasteiger partial charge in [-0.05, 0) is 90.8 Å². The van der Waals surface area contributed by atoms with Gasteiger partial charge in [-0.2, -0.15) is 0 Å². The first kappa shape index (κ1) is 65.3. The molecule has 4 unspecified atom stereocenters. The van der Waals surface area contributed by atoms with Gasteiger partial charge >= 0.3 is 6.09 Å². The number of fused-ring (bicyclic) bond motifs is 2. The van der Waals surface area contributed by atoms with Crippen LogP contribution in [0.5, 0.6) is 0 Å². The van der Waals surface area contributed by atoms with Gasteiger partial charge in [-0.25, -0.2) is 4.79 Å². The van der Waals surface area contributed by atoms with E-state index in [1.807, 2.05) is 41.5 Å². The Morgan fingerprint density at radius 1 is 0.622 bits per heavy atom. The van der Waals surface area contributed by atoms with Crippen LogP contribution in [0.4, 0.5) is 4.79 Å².